The third-order valence-electron chi connectivity index (χ3n) is 22.6. The van der Waals surface area contributed by atoms with Crippen LogP contribution in [0.5, 0.6) is 5.75 Å². The lowest BCUT2D eigenvalue weighted by molar-refractivity contribution is -0.157. The molecule has 4 amide bonds. The van der Waals surface area contributed by atoms with Gasteiger partial charge in [0.05, 0.1) is 340 Å². The Bertz CT molecular complexity index is 3560. The predicted octanol–water partition coefficient (Wildman–Crippen LogP) is 7.24. The van der Waals surface area contributed by atoms with Gasteiger partial charge in [0.2, 0.25) is 23.6 Å². The van der Waals surface area contributed by atoms with Crippen molar-refractivity contribution in [2.75, 3.05) is 331 Å². The molecule has 6 N–H and O–H groups in total. The summed E-state index contributed by atoms with van der Waals surface area (Å²) in [7, 11) is 3.14. The van der Waals surface area contributed by atoms with Gasteiger partial charge in [-0.05, 0) is 92.7 Å². The Morgan fingerprint density at radius 2 is 0.852 bits per heavy atom. The van der Waals surface area contributed by atoms with E-state index in [-0.39, 0.29) is 80.7 Å². The number of rotatable bonds is 92. The van der Waals surface area contributed by atoms with E-state index in [2.05, 4.69) is 21.3 Å². The second kappa shape index (κ2) is 83.8. The molecular formula is C102H174ClN5O34. The number of ketones is 2. The van der Waals surface area contributed by atoms with Crippen molar-refractivity contribution in [1.29, 1.82) is 0 Å². The number of unbranched alkanes of at least 4 members (excludes halogenated alkanes) is 1. The standard InChI is InChI=1S/C102H174ClN5O34/c1-79(2)95(104)90(110)77-85(89(109)24-20-82-18-22-84(23-19-82)97-96(142-97)80(3)91-16-14-17-94(112)107-87(76-83-21-25-92(117-11)86(103)75-83)98(113)106-81(4)102(8,9)100(115)108-88(99(114)141-91)78-101(5,6)7)15-12-13-27-105-93(111)26-28-118-31-32-120-35-36-122-39-40-124-43-44-126-47-48-128-51-52-130-55-56-132-59-60-134-63-64-136-67-68-138-71-72-140-74-73-139-70-69-137-66-65-135-62-61-133-58-57-131-54-53-129-50-49-127-46-45-125-42-41-123-38-37-121-34-33-119-30-29-116-10/h14,17-19,21-23,25,75,79-81,85,87-88,91,95-97H,12-13,15-16,20,24,26-74,76-78,104H2,1-11H3,(H,105,111)(H,106,113)(H,107,112)(H,108,115)/b17-14+/t80-,81-,85+,87+,88-,91-,95-,96+,97+/m0/s1. The Morgan fingerprint density at radius 1 is 0.479 bits per heavy atom. The van der Waals surface area contributed by atoms with E-state index in [0.717, 1.165) is 11.1 Å². The summed E-state index contributed by atoms with van der Waals surface area (Å²) in [6.07, 6.45) is 4.39. The molecule has 0 aromatic heterocycles. The van der Waals surface area contributed by atoms with Crippen molar-refractivity contribution in [3.8, 4) is 5.75 Å². The Hall–Kier alpha value is -6.08. The molecule has 4 rings (SSSR count). The fraction of sp³-hybridized carbons (Fsp3) is 0.794. The van der Waals surface area contributed by atoms with E-state index < -0.39 is 76.6 Å². The van der Waals surface area contributed by atoms with E-state index >= 15 is 0 Å². The van der Waals surface area contributed by atoms with E-state index in [1.807, 2.05) is 65.8 Å². The van der Waals surface area contributed by atoms with E-state index in [9.17, 15) is 33.6 Å². The van der Waals surface area contributed by atoms with Gasteiger partial charge in [-0.1, -0.05) is 96.0 Å². The molecule has 0 bridgehead atoms. The minimum atomic E-state index is -1.23. The number of nitrogens with two attached hydrogens (primary N) is 1. The topological polar surface area (TPSA) is 446 Å². The Balaban J connectivity index is 0.885. The lowest BCUT2D eigenvalue weighted by Gasteiger charge is -2.35. The summed E-state index contributed by atoms with van der Waals surface area (Å²) in [5.74, 6) is -3.09. The molecule has 2 heterocycles. The van der Waals surface area contributed by atoms with E-state index in [1.54, 1.807) is 52.2 Å². The van der Waals surface area contributed by atoms with Crippen LogP contribution in [0.1, 0.15) is 136 Å². The van der Waals surface area contributed by atoms with Crippen LogP contribution in [0.15, 0.2) is 54.6 Å². The van der Waals surface area contributed by atoms with Gasteiger partial charge in [0.1, 0.15) is 35.8 Å². The van der Waals surface area contributed by atoms with Crippen LogP contribution in [-0.2, 0) is 170 Å². The van der Waals surface area contributed by atoms with Crippen molar-refractivity contribution in [1.82, 2.24) is 21.3 Å². The van der Waals surface area contributed by atoms with E-state index in [0.29, 0.717) is 352 Å². The van der Waals surface area contributed by atoms with Crippen molar-refractivity contribution < 1.29 is 161 Å². The highest BCUT2D eigenvalue weighted by Gasteiger charge is 2.48. The molecule has 0 spiro atoms. The normalized spacial score (nSPS) is 17.9. The first-order valence-corrected chi connectivity index (χ1v) is 50.9. The lowest BCUT2D eigenvalue weighted by atomic mass is 9.82. The predicted molar refractivity (Wildman–Crippen MR) is 529 cm³/mol. The van der Waals surface area contributed by atoms with Gasteiger partial charge in [-0.2, -0.15) is 0 Å². The highest BCUT2D eigenvalue weighted by molar-refractivity contribution is 6.32. The van der Waals surface area contributed by atoms with Crippen LogP contribution in [0.2, 0.25) is 5.02 Å². The van der Waals surface area contributed by atoms with Gasteiger partial charge in [0.25, 0.3) is 0 Å². The lowest BCUT2D eigenvalue weighted by Crippen LogP contribution is -2.58. The Labute approximate surface area is 848 Å². The molecule has 2 aromatic rings. The number of aryl methyl sites for hydroxylation is 1. The third-order valence-corrected chi connectivity index (χ3v) is 22.9. The monoisotopic (exact) mass is 2050 g/mol. The number of epoxide rings is 1. The van der Waals surface area contributed by atoms with Gasteiger partial charge < -0.3 is 155 Å². The Morgan fingerprint density at radius 3 is 1.21 bits per heavy atom. The van der Waals surface area contributed by atoms with Crippen LogP contribution in [0.4, 0.5) is 0 Å². The van der Waals surface area contributed by atoms with Crippen LogP contribution >= 0.6 is 11.6 Å². The molecule has 0 saturated carbocycles. The molecule has 9 atom stereocenters. The zero-order valence-electron chi connectivity index (χ0n) is 86.8. The van der Waals surface area contributed by atoms with Gasteiger partial charge >= 0.3 is 5.97 Å². The Kier molecular flexibility index (Phi) is 75.7. The molecule has 40 heteroatoms. The van der Waals surface area contributed by atoms with Gasteiger partial charge in [0, 0.05) is 63.6 Å². The van der Waals surface area contributed by atoms with Gasteiger partial charge in [-0.15, -0.1) is 0 Å². The van der Waals surface area contributed by atoms with Crippen LogP contribution < -0.4 is 31.7 Å². The number of cyclic esters (lactones) is 1. The fourth-order valence-corrected chi connectivity index (χ4v) is 14.1. The van der Waals surface area contributed by atoms with E-state index in [1.165, 1.54) is 13.2 Å². The maximum Gasteiger partial charge on any atom is 0.328 e. The number of benzene rings is 2. The maximum absolute atomic E-state index is 14.4. The number of halogens is 1. The molecule has 39 nitrogen and oxygen atoms in total. The van der Waals surface area contributed by atoms with Crippen molar-refractivity contribution in [2.45, 2.75) is 169 Å². The summed E-state index contributed by atoms with van der Waals surface area (Å²) < 4.78 is 150. The second-order valence-electron chi connectivity index (χ2n) is 36.0. The number of carbonyl (C=O) groups is 7. The summed E-state index contributed by atoms with van der Waals surface area (Å²) in [5.41, 5.74) is 7.10. The molecule has 2 aliphatic rings. The van der Waals surface area contributed by atoms with Crippen molar-refractivity contribution in [3.63, 3.8) is 0 Å². The molecule has 1 fully saturated rings. The third kappa shape index (κ3) is 65.6. The quantitative estimate of drug-likeness (QED) is 0.0247. The first kappa shape index (κ1) is 128. The molecule has 0 aliphatic carbocycles. The van der Waals surface area contributed by atoms with Gasteiger partial charge in [0.15, 0.2) is 5.78 Å². The molecule has 0 unspecified atom stereocenters. The largest absolute Gasteiger partial charge is 0.495 e. The smallest absolute Gasteiger partial charge is 0.328 e. The molecule has 1 saturated heterocycles. The van der Waals surface area contributed by atoms with Gasteiger partial charge in [-0.25, -0.2) is 4.79 Å². The number of nitrogens with one attached hydrogen (secondary N) is 4. The summed E-state index contributed by atoms with van der Waals surface area (Å²) in [4.78, 5) is 96.3. The van der Waals surface area contributed by atoms with Crippen LogP contribution in [0.25, 0.3) is 0 Å². The van der Waals surface area contributed by atoms with Crippen LogP contribution in [-0.4, -0.2) is 409 Å². The highest BCUT2D eigenvalue weighted by Crippen LogP contribution is 2.45. The maximum atomic E-state index is 14.4. The zero-order valence-corrected chi connectivity index (χ0v) is 87.6. The SMILES string of the molecule is COCCOCCOCCOCCOCCOCCOCCOCCOCCOCCOCCOCCOCCOCCOCCOCCOCCOCCOCCOCCOCCOCCOCCOCCC(=O)NCCCC[C@H](CC(=O)[C@@H](N)C(C)C)C(=O)CCc1ccc([C@H]2O[C@@H]2[C@@H](C)[C@@H]2C/C=C/C(=O)N[C@H](Cc3ccc(OC)c(Cl)c3)C(=O)N[C@@H](C)C(C)(C)C(=O)N[C@@H](CC(C)(C)C)C(=O)O2)cc1. The minimum Gasteiger partial charge on any atom is -0.495 e. The number of carbonyl (C=O) groups excluding carboxylic acids is 7. The summed E-state index contributed by atoms with van der Waals surface area (Å²) in [6, 6.07) is 9.37. The number of Topliss-reactive ketones (excluding diaryl/α,β-unsaturated/α-hetero) is 2. The number of esters is 1. The van der Waals surface area contributed by atoms with Gasteiger partial charge in [-0.3, -0.25) is 28.8 Å². The average molecular weight is 2050 g/mol. The average Bonchev–Trinajstić information content (AvgIpc) is 1.62. The fourth-order valence-electron chi connectivity index (χ4n) is 13.8. The number of ether oxygens (including phenoxy) is 27. The molecule has 142 heavy (non-hydrogen) atoms. The highest BCUT2D eigenvalue weighted by atomic mass is 35.5. The summed E-state index contributed by atoms with van der Waals surface area (Å²) in [5, 5.41) is 12.0. The minimum absolute atomic E-state index is 0.0311. The molecule has 2 aliphatic heterocycles. The van der Waals surface area contributed by atoms with Crippen molar-refractivity contribution >= 4 is 52.8 Å². The number of hydrogen-bond acceptors (Lipinski definition) is 35. The first-order chi connectivity index (χ1) is 68.8. The summed E-state index contributed by atoms with van der Waals surface area (Å²) >= 11 is 6.46. The number of hydrogen-bond donors (Lipinski definition) is 5. The van der Waals surface area contributed by atoms with Crippen molar-refractivity contribution in [3.05, 3.63) is 76.3 Å². The van der Waals surface area contributed by atoms with E-state index in [4.69, 9.17) is 145 Å². The summed E-state index contributed by atoms with van der Waals surface area (Å²) in [6.45, 7) is 38.6. The number of methoxy groups -OCH3 is 2. The molecule has 0 radical (unpaired) electrons. The molecular weight excluding hydrogens is 1870 g/mol. The molecule has 818 valence electrons. The van der Waals surface area contributed by atoms with Crippen molar-refractivity contribution in [2.24, 2.45) is 34.3 Å². The van der Waals surface area contributed by atoms with Crippen LogP contribution in [0.3, 0.4) is 0 Å². The van der Waals surface area contributed by atoms with Crippen LogP contribution in [0, 0.1) is 28.6 Å². The first-order valence-electron chi connectivity index (χ1n) is 50.5. The molecule has 2 aromatic carbocycles. The second-order valence-corrected chi connectivity index (χ2v) is 36.4. The zero-order chi connectivity index (χ0) is 103. The number of amides is 4.